The van der Waals surface area contributed by atoms with E-state index < -0.39 is 11.0 Å². The molecule has 0 saturated carbocycles. The lowest BCUT2D eigenvalue weighted by molar-refractivity contribution is -0.385. The molecular formula is C11H17N5O4. The summed E-state index contributed by atoms with van der Waals surface area (Å²) in [5.41, 5.74) is -0.163. The van der Waals surface area contributed by atoms with E-state index in [1.54, 1.807) is 0 Å². The normalized spacial score (nSPS) is 17.6. The molecule has 0 radical (unpaired) electrons. The molecule has 2 heterocycles. The molecular weight excluding hydrogens is 266 g/mol. The standard InChI is InChI=1S/C11H17N5O4/c17-10(8-15-1-3-20-4-2-15)7-14-11-12-5-9(6-13-11)16(18)19/h5-6,10,17H,1-4,7-8H2,(H,12,13,14). The third-order valence-electron chi connectivity index (χ3n) is 2.92. The van der Waals surface area contributed by atoms with Crippen LogP contribution in [-0.4, -0.2) is 70.4 Å². The number of aromatic nitrogens is 2. The van der Waals surface area contributed by atoms with Crippen molar-refractivity contribution in [3.05, 3.63) is 22.5 Å². The maximum absolute atomic E-state index is 10.4. The van der Waals surface area contributed by atoms with Gasteiger partial charge in [0.05, 0.1) is 24.2 Å². The number of rotatable bonds is 6. The molecule has 0 spiro atoms. The van der Waals surface area contributed by atoms with Crippen molar-refractivity contribution in [3.8, 4) is 0 Å². The third-order valence-corrected chi connectivity index (χ3v) is 2.92. The lowest BCUT2D eigenvalue weighted by Gasteiger charge is -2.28. The lowest BCUT2D eigenvalue weighted by Crippen LogP contribution is -2.42. The Labute approximate surface area is 115 Å². The Morgan fingerprint density at radius 2 is 2.10 bits per heavy atom. The lowest BCUT2D eigenvalue weighted by atomic mass is 10.3. The maximum atomic E-state index is 10.4. The third kappa shape index (κ3) is 4.37. The number of hydrogen-bond acceptors (Lipinski definition) is 8. The fourth-order valence-corrected chi connectivity index (χ4v) is 1.86. The zero-order valence-corrected chi connectivity index (χ0v) is 10.9. The SMILES string of the molecule is O=[N+]([O-])c1cnc(NCC(O)CN2CCOCC2)nc1. The van der Waals surface area contributed by atoms with Crippen molar-refractivity contribution in [2.45, 2.75) is 6.10 Å². The van der Waals surface area contributed by atoms with E-state index in [-0.39, 0.29) is 18.2 Å². The molecule has 1 fully saturated rings. The Bertz CT molecular complexity index is 435. The van der Waals surface area contributed by atoms with Crippen LogP contribution in [-0.2, 0) is 4.74 Å². The summed E-state index contributed by atoms with van der Waals surface area (Å²) >= 11 is 0. The quantitative estimate of drug-likeness (QED) is 0.530. The summed E-state index contributed by atoms with van der Waals surface area (Å²) in [5.74, 6) is 0.261. The predicted molar refractivity (Wildman–Crippen MR) is 70.4 cm³/mol. The van der Waals surface area contributed by atoms with Crippen molar-refractivity contribution in [3.63, 3.8) is 0 Å². The molecule has 2 N–H and O–H groups in total. The van der Waals surface area contributed by atoms with Gasteiger partial charge in [-0.05, 0) is 0 Å². The molecule has 9 nitrogen and oxygen atoms in total. The van der Waals surface area contributed by atoms with Crippen LogP contribution in [0.2, 0.25) is 0 Å². The van der Waals surface area contributed by atoms with Crippen LogP contribution < -0.4 is 5.32 Å². The molecule has 20 heavy (non-hydrogen) atoms. The molecule has 110 valence electrons. The second-order valence-corrected chi connectivity index (χ2v) is 4.47. The van der Waals surface area contributed by atoms with E-state index in [2.05, 4.69) is 20.2 Å². The molecule has 1 saturated heterocycles. The van der Waals surface area contributed by atoms with Gasteiger partial charge in [0.15, 0.2) is 0 Å². The van der Waals surface area contributed by atoms with Crippen molar-refractivity contribution < 1.29 is 14.8 Å². The summed E-state index contributed by atoms with van der Waals surface area (Å²) in [4.78, 5) is 19.6. The Morgan fingerprint density at radius 3 is 2.70 bits per heavy atom. The summed E-state index contributed by atoms with van der Waals surface area (Å²) in [6.07, 6.45) is 1.69. The molecule has 2 rings (SSSR count). The number of hydrogen-bond donors (Lipinski definition) is 2. The van der Waals surface area contributed by atoms with Crippen LogP contribution >= 0.6 is 0 Å². The first-order chi connectivity index (χ1) is 9.65. The van der Waals surface area contributed by atoms with Gasteiger partial charge in [-0.1, -0.05) is 0 Å². The molecule has 1 unspecified atom stereocenters. The molecule has 0 aromatic carbocycles. The highest BCUT2D eigenvalue weighted by Gasteiger charge is 2.15. The molecule has 9 heteroatoms. The van der Waals surface area contributed by atoms with E-state index in [9.17, 15) is 15.2 Å². The van der Waals surface area contributed by atoms with E-state index in [4.69, 9.17) is 4.74 Å². The molecule has 1 aromatic rings. The minimum absolute atomic E-state index is 0.163. The first-order valence-corrected chi connectivity index (χ1v) is 6.33. The van der Waals surface area contributed by atoms with Gasteiger partial charge in [-0.2, -0.15) is 0 Å². The number of ether oxygens (including phenoxy) is 1. The smallest absolute Gasteiger partial charge is 0.305 e. The van der Waals surface area contributed by atoms with Gasteiger partial charge in [0.25, 0.3) is 0 Å². The zero-order valence-electron chi connectivity index (χ0n) is 10.9. The van der Waals surface area contributed by atoms with Crippen LogP contribution in [0.15, 0.2) is 12.4 Å². The summed E-state index contributed by atoms with van der Waals surface area (Å²) in [6, 6.07) is 0. The monoisotopic (exact) mass is 283 g/mol. The van der Waals surface area contributed by atoms with Gasteiger partial charge in [0, 0.05) is 26.2 Å². The van der Waals surface area contributed by atoms with Crippen molar-refractivity contribution >= 4 is 11.6 Å². The van der Waals surface area contributed by atoms with E-state index in [0.717, 1.165) is 25.5 Å². The summed E-state index contributed by atoms with van der Waals surface area (Å²) in [7, 11) is 0. The average molecular weight is 283 g/mol. The van der Waals surface area contributed by atoms with Gasteiger partial charge < -0.3 is 15.2 Å². The van der Waals surface area contributed by atoms with Gasteiger partial charge >= 0.3 is 5.69 Å². The van der Waals surface area contributed by atoms with Crippen LogP contribution in [0.3, 0.4) is 0 Å². The van der Waals surface area contributed by atoms with Gasteiger partial charge in [0.1, 0.15) is 12.4 Å². The Morgan fingerprint density at radius 1 is 1.45 bits per heavy atom. The Kier molecular flexibility index (Phi) is 5.16. The van der Waals surface area contributed by atoms with Crippen molar-refractivity contribution in [1.82, 2.24) is 14.9 Å². The van der Waals surface area contributed by atoms with Crippen molar-refractivity contribution in [2.24, 2.45) is 0 Å². The fourth-order valence-electron chi connectivity index (χ4n) is 1.86. The van der Waals surface area contributed by atoms with Crippen LogP contribution in [0.4, 0.5) is 11.6 Å². The minimum atomic E-state index is -0.563. The first kappa shape index (κ1) is 14.6. The number of anilines is 1. The molecule has 0 aliphatic carbocycles. The highest BCUT2D eigenvalue weighted by atomic mass is 16.6. The maximum Gasteiger partial charge on any atom is 0.305 e. The van der Waals surface area contributed by atoms with Crippen LogP contribution in [0.1, 0.15) is 0 Å². The highest BCUT2D eigenvalue weighted by Crippen LogP contribution is 2.08. The molecule has 1 aliphatic rings. The number of morpholine rings is 1. The van der Waals surface area contributed by atoms with E-state index in [0.29, 0.717) is 19.8 Å². The number of β-amino-alcohol motifs (C(OH)–C–C–N with tert-alkyl or cyclic N) is 1. The number of nitro groups is 1. The zero-order chi connectivity index (χ0) is 14.4. The van der Waals surface area contributed by atoms with Gasteiger partial charge in [0.2, 0.25) is 5.95 Å². The van der Waals surface area contributed by atoms with E-state index in [1.165, 1.54) is 0 Å². The van der Waals surface area contributed by atoms with Crippen LogP contribution in [0.5, 0.6) is 0 Å². The number of nitrogens with one attached hydrogen (secondary N) is 1. The summed E-state index contributed by atoms with van der Waals surface area (Å²) in [5, 5.41) is 23.2. The molecule has 0 bridgehead atoms. The van der Waals surface area contributed by atoms with E-state index >= 15 is 0 Å². The first-order valence-electron chi connectivity index (χ1n) is 6.33. The van der Waals surface area contributed by atoms with E-state index in [1.807, 2.05) is 0 Å². The highest BCUT2D eigenvalue weighted by molar-refractivity contribution is 5.30. The number of aliphatic hydroxyl groups excluding tert-OH is 1. The molecule has 1 aromatic heterocycles. The average Bonchev–Trinajstić information content (AvgIpc) is 2.46. The van der Waals surface area contributed by atoms with Gasteiger partial charge in [-0.25, -0.2) is 9.97 Å². The molecule has 1 atom stereocenters. The second kappa shape index (κ2) is 7.08. The van der Waals surface area contributed by atoms with Gasteiger partial charge in [-0.3, -0.25) is 15.0 Å². The second-order valence-electron chi connectivity index (χ2n) is 4.47. The number of aliphatic hydroxyl groups is 1. The summed E-state index contributed by atoms with van der Waals surface area (Å²) < 4.78 is 5.23. The molecule has 1 aliphatic heterocycles. The van der Waals surface area contributed by atoms with Crippen LogP contribution in [0.25, 0.3) is 0 Å². The van der Waals surface area contributed by atoms with Crippen molar-refractivity contribution in [1.29, 1.82) is 0 Å². The Balaban J connectivity index is 1.74. The minimum Gasteiger partial charge on any atom is -0.390 e. The molecule has 0 amide bonds. The van der Waals surface area contributed by atoms with Gasteiger partial charge in [-0.15, -0.1) is 0 Å². The van der Waals surface area contributed by atoms with Crippen LogP contribution in [0, 0.1) is 10.1 Å². The fraction of sp³-hybridized carbons (Fsp3) is 0.636. The largest absolute Gasteiger partial charge is 0.390 e. The predicted octanol–water partition coefficient (Wildman–Crippen LogP) is -0.510. The summed E-state index contributed by atoms with van der Waals surface area (Å²) in [6.45, 7) is 3.83. The topological polar surface area (TPSA) is 114 Å². The number of nitrogens with zero attached hydrogens (tertiary/aromatic N) is 4. The Hall–Kier alpha value is -1.84. The van der Waals surface area contributed by atoms with Crippen molar-refractivity contribution in [2.75, 3.05) is 44.7 Å².